The summed E-state index contributed by atoms with van der Waals surface area (Å²) in [7, 11) is 0. The monoisotopic (exact) mass is 305 g/mol. The van der Waals surface area contributed by atoms with E-state index in [2.05, 4.69) is 21.7 Å². The van der Waals surface area contributed by atoms with E-state index < -0.39 is 0 Å². The summed E-state index contributed by atoms with van der Waals surface area (Å²) in [5.74, 6) is 2.65. The van der Waals surface area contributed by atoms with Gasteiger partial charge >= 0.3 is 5.82 Å². The van der Waals surface area contributed by atoms with Crippen LogP contribution in [0.4, 0.5) is 0 Å². The molecule has 0 amide bonds. The second-order valence-electron chi connectivity index (χ2n) is 5.28. The Morgan fingerprint density at radius 2 is 1.74 bits per heavy atom. The first-order chi connectivity index (χ1) is 11.4. The van der Waals surface area contributed by atoms with Crippen LogP contribution in [0.25, 0.3) is 22.6 Å². The van der Waals surface area contributed by atoms with Gasteiger partial charge in [0.25, 0.3) is 0 Å². The minimum Gasteiger partial charge on any atom is -0.489 e. The predicted octanol–water partition coefficient (Wildman–Crippen LogP) is 3.79. The van der Waals surface area contributed by atoms with Crippen LogP contribution in [-0.2, 0) is 6.54 Å². The normalized spacial score (nSPS) is 11.0. The molecule has 2 aromatic heterocycles. The third kappa shape index (κ3) is 2.71. The van der Waals surface area contributed by atoms with E-state index >= 15 is 0 Å². The van der Waals surface area contributed by atoms with Gasteiger partial charge in [-0.25, -0.2) is 9.55 Å². The zero-order valence-corrected chi connectivity index (χ0v) is 12.6. The number of aromatic amines is 1. The number of H-pyrrole nitrogens is 1. The molecule has 0 aliphatic rings. The lowest BCUT2D eigenvalue weighted by Gasteiger charge is -2.05. The number of ether oxygens (including phenoxy) is 1. The number of hydrogen-bond acceptors (Lipinski definition) is 2. The van der Waals surface area contributed by atoms with Crippen LogP contribution in [0.15, 0.2) is 77.4 Å². The van der Waals surface area contributed by atoms with Gasteiger partial charge in [0.1, 0.15) is 18.9 Å². The summed E-state index contributed by atoms with van der Waals surface area (Å²) in [4.78, 5) is 3.43. The molecule has 4 nitrogen and oxygen atoms in total. The lowest BCUT2D eigenvalue weighted by Crippen LogP contribution is -2.37. The number of benzene rings is 2. The Kier molecular flexibility index (Phi) is 3.56. The Labute approximate surface area is 134 Å². The van der Waals surface area contributed by atoms with Crippen molar-refractivity contribution in [2.24, 2.45) is 0 Å². The molecule has 4 heteroatoms. The van der Waals surface area contributed by atoms with Crippen molar-refractivity contribution in [3.8, 4) is 17.3 Å². The van der Waals surface area contributed by atoms with Gasteiger partial charge in [0.15, 0.2) is 11.0 Å². The van der Waals surface area contributed by atoms with Crippen LogP contribution in [0.2, 0.25) is 0 Å². The lowest BCUT2D eigenvalue weighted by atomic mass is 10.3. The van der Waals surface area contributed by atoms with Crippen molar-refractivity contribution >= 4 is 11.0 Å². The minimum absolute atomic E-state index is 0.588. The standard InChI is InChI=1S/C19H16N2O2/c1-2-7-15(8-3-1)22-14-12-21-17-10-5-4-9-16(17)20-19(21)18-11-6-13-23-18/h1-11,13H,12,14H2/p+1. The second kappa shape index (κ2) is 6.01. The van der Waals surface area contributed by atoms with Crippen molar-refractivity contribution in [3.63, 3.8) is 0 Å². The molecule has 23 heavy (non-hydrogen) atoms. The molecule has 0 spiro atoms. The molecule has 4 aromatic rings. The maximum absolute atomic E-state index is 5.84. The van der Waals surface area contributed by atoms with Crippen LogP contribution >= 0.6 is 0 Å². The second-order valence-corrected chi connectivity index (χ2v) is 5.28. The molecular weight excluding hydrogens is 288 g/mol. The molecule has 4 rings (SSSR count). The largest absolute Gasteiger partial charge is 0.489 e. The van der Waals surface area contributed by atoms with E-state index in [1.54, 1.807) is 6.26 Å². The maximum Gasteiger partial charge on any atom is 0.324 e. The van der Waals surface area contributed by atoms with Gasteiger partial charge in [-0.15, -0.1) is 0 Å². The SMILES string of the molecule is c1ccc(OCC[n+]2c(-c3ccco3)[nH]c3ccccc32)cc1. The fourth-order valence-electron chi connectivity index (χ4n) is 2.74. The third-order valence-corrected chi connectivity index (χ3v) is 3.80. The lowest BCUT2D eigenvalue weighted by molar-refractivity contribution is -0.661. The number of imidazole rings is 1. The van der Waals surface area contributed by atoms with E-state index in [4.69, 9.17) is 9.15 Å². The first-order valence-electron chi connectivity index (χ1n) is 7.64. The molecule has 0 saturated carbocycles. The van der Waals surface area contributed by atoms with Crippen LogP contribution in [-0.4, -0.2) is 11.6 Å². The highest BCUT2D eigenvalue weighted by atomic mass is 16.5. The summed E-state index contributed by atoms with van der Waals surface area (Å²) < 4.78 is 13.6. The average Bonchev–Trinajstić information content (AvgIpc) is 3.24. The smallest absolute Gasteiger partial charge is 0.324 e. The summed E-state index contributed by atoms with van der Waals surface area (Å²) in [6.07, 6.45) is 1.69. The highest BCUT2D eigenvalue weighted by Gasteiger charge is 2.21. The van der Waals surface area contributed by atoms with Gasteiger partial charge in [-0.3, -0.25) is 0 Å². The Morgan fingerprint density at radius 1 is 0.913 bits per heavy atom. The van der Waals surface area contributed by atoms with Crippen LogP contribution in [0.5, 0.6) is 5.75 Å². The Morgan fingerprint density at radius 3 is 2.57 bits per heavy atom. The minimum atomic E-state index is 0.588. The van der Waals surface area contributed by atoms with Gasteiger partial charge in [0.2, 0.25) is 5.76 Å². The number of hydrogen-bond donors (Lipinski definition) is 1. The Hall–Kier alpha value is -3.01. The molecule has 0 bridgehead atoms. The molecule has 0 atom stereocenters. The number of fused-ring (bicyclic) bond motifs is 1. The van der Waals surface area contributed by atoms with E-state index in [0.717, 1.165) is 34.9 Å². The molecule has 114 valence electrons. The van der Waals surface area contributed by atoms with E-state index in [1.165, 1.54) is 0 Å². The highest BCUT2D eigenvalue weighted by molar-refractivity contribution is 5.73. The molecule has 2 heterocycles. The van der Waals surface area contributed by atoms with E-state index in [9.17, 15) is 0 Å². The molecule has 2 aromatic carbocycles. The first kappa shape index (κ1) is 13.6. The van der Waals surface area contributed by atoms with Crippen molar-refractivity contribution in [2.75, 3.05) is 6.61 Å². The summed E-state index contributed by atoms with van der Waals surface area (Å²) in [5.41, 5.74) is 2.22. The molecule has 0 aliphatic heterocycles. The van der Waals surface area contributed by atoms with Gasteiger partial charge < -0.3 is 9.15 Å². The number of nitrogens with zero attached hydrogens (tertiary/aromatic N) is 1. The zero-order chi connectivity index (χ0) is 15.5. The van der Waals surface area contributed by atoms with Gasteiger partial charge in [-0.2, -0.15) is 0 Å². The number of rotatable bonds is 5. The highest BCUT2D eigenvalue weighted by Crippen LogP contribution is 2.19. The topological polar surface area (TPSA) is 42.0 Å². The predicted molar refractivity (Wildman–Crippen MR) is 88.1 cm³/mol. The van der Waals surface area contributed by atoms with Crippen molar-refractivity contribution in [1.82, 2.24) is 4.98 Å². The molecule has 0 unspecified atom stereocenters. The van der Waals surface area contributed by atoms with Crippen LogP contribution in [0.1, 0.15) is 0 Å². The molecule has 0 aliphatic carbocycles. The number of nitrogens with one attached hydrogen (secondary N) is 1. The molecular formula is C19H17N2O2+. The van der Waals surface area contributed by atoms with Crippen molar-refractivity contribution in [1.29, 1.82) is 0 Å². The van der Waals surface area contributed by atoms with Crippen molar-refractivity contribution in [3.05, 3.63) is 73.0 Å². The van der Waals surface area contributed by atoms with Gasteiger partial charge in [-0.1, -0.05) is 30.3 Å². The summed E-state index contributed by atoms with van der Waals surface area (Å²) in [6, 6.07) is 21.9. The molecule has 1 N–H and O–H groups in total. The maximum atomic E-state index is 5.84. The van der Waals surface area contributed by atoms with Crippen molar-refractivity contribution in [2.45, 2.75) is 6.54 Å². The zero-order valence-electron chi connectivity index (χ0n) is 12.6. The van der Waals surface area contributed by atoms with Crippen LogP contribution < -0.4 is 9.30 Å². The van der Waals surface area contributed by atoms with Crippen LogP contribution in [0, 0.1) is 0 Å². The van der Waals surface area contributed by atoms with E-state index in [0.29, 0.717) is 6.61 Å². The van der Waals surface area contributed by atoms with Crippen LogP contribution in [0.3, 0.4) is 0 Å². The summed E-state index contributed by atoms with van der Waals surface area (Å²) >= 11 is 0. The summed E-state index contributed by atoms with van der Waals surface area (Å²) in [5, 5.41) is 0. The average molecular weight is 305 g/mol. The number of aromatic nitrogens is 2. The fraction of sp³-hybridized carbons (Fsp3) is 0.105. The fourth-order valence-corrected chi connectivity index (χ4v) is 2.74. The number of furan rings is 1. The van der Waals surface area contributed by atoms with E-state index in [-0.39, 0.29) is 0 Å². The molecule has 0 radical (unpaired) electrons. The van der Waals surface area contributed by atoms with Gasteiger partial charge in [0.05, 0.1) is 6.26 Å². The third-order valence-electron chi connectivity index (χ3n) is 3.80. The molecule has 0 saturated heterocycles. The quantitative estimate of drug-likeness (QED) is 0.570. The summed E-state index contributed by atoms with van der Waals surface area (Å²) in [6.45, 7) is 1.32. The van der Waals surface area contributed by atoms with E-state index in [1.807, 2.05) is 54.6 Å². The van der Waals surface area contributed by atoms with Crippen molar-refractivity contribution < 1.29 is 13.7 Å². The number of para-hydroxylation sites is 3. The van der Waals surface area contributed by atoms with Gasteiger partial charge in [0, 0.05) is 0 Å². The Bertz CT molecular complexity index is 896. The Balaban J connectivity index is 1.64. The van der Waals surface area contributed by atoms with Gasteiger partial charge in [-0.05, 0) is 36.4 Å². The molecule has 0 fully saturated rings. The first-order valence-corrected chi connectivity index (χ1v) is 7.64.